The summed E-state index contributed by atoms with van der Waals surface area (Å²) in [5.74, 6) is -0.124. The molecule has 0 saturated carbocycles. The number of fused-ring (bicyclic) bond motifs is 1. The van der Waals surface area contributed by atoms with Crippen LogP contribution < -0.4 is 16.2 Å². The first-order chi connectivity index (χ1) is 15.9. The Kier molecular flexibility index (Phi) is 7.14. The van der Waals surface area contributed by atoms with E-state index in [-0.39, 0.29) is 23.3 Å². The first-order valence-corrected chi connectivity index (χ1v) is 12.4. The molecule has 2 fully saturated rings. The van der Waals surface area contributed by atoms with Crippen molar-refractivity contribution in [2.45, 2.75) is 39.0 Å². The van der Waals surface area contributed by atoms with E-state index < -0.39 is 0 Å². The Morgan fingerprint density at radius 3 is 2.73 bits per heavy atom. The number of unbranched alkanes of at least 4 members (excludes halogenated alkanes) is 2. The molecule has 2 aliphatic rings. The van der Waals surface area contributed by atoms with Gasteiger partial charge in [-0.05, 0) is 37.5 Å². The molecule has 2 N–H and O–H groups in total. The van der Waals surface area contributed by atoms with Gasteiger partial charge in [0.05, 0.1) is 10.5 Å². The Labute approximate surface area is 201 Å². The molecule has 0 unspecified atom stereocenters. The minimum Gasteiger partial charge on any atom is -0.369 e. The summed E-state index contributed by atoms with van der Waals surface area (Å²) in [6.45, 7) is 3.81. The lowest BCUT2D eigenvalue weighted by molar-refractivity contribution is -0.123. The summed E-state index contributed by atoms with van der Waals surface area (Å²) < 4.78 is 1.99. The molecule has 0 radical (unpaired) electrons. The summed E-state index contributed by atoms with van der Waals surface area (Å²) in [5, 5.41) is 0. The number of pyridine rings is 1. The Bertz CT molecular complexity index is 1180. The monoisotopic (exact) mass is 485 g/mol. The minimum absolute atomic E-state index is 0.169. The van der Waals surface area contributed by atoms with Crippen molar-refractivity contribution >= 4 is 57.7 Å². The lowest BCUT2D eigenvalue weighted by Gasteiger charge is -2.32. The maximum absolute atomic E-state index is 13.4. The predicted molar refractivity (Wildman–Crippen MR) is 135 cm³/mol. The summed E-state index contributed by atoms with van der Waals surface area (Å²) in [5.41, 5.74) is 6.11. The SMILES string of the molecule is CCCCCN1C(=O)/C(=C\c2c(N3CCC(C(N)=O)CC3)nc3ccccn3c2=O)SC1=S. The van der Waals surface area contributed by atoms with E-state index in [9.17, 15) is 14.4 Å². The number of hydrogen-bond acceptors (Lipinski definition) is 7. The number of amides is 2. The van der Waals surface area contributed by atoms with Gasteiger partial charge in [0.2, 0.25) is 5.91 Å². The number of thiocarbonyl (C=S) groups is 1. The molecule has 4 heterocycles. The van der Waals surface area contributed by atoms with Crippen LogP contribution in [0.5, 0.6) is 0 Å². The van der Waals surface area contributed by atoms with Crippen LogP contribution >= 0.6 is 24.0 Å². The number of hydrogen-bond donors (Lipinski definition) is 1. The van der Waals surface area contributed by atoms with E-state index in [1.807, 2.05) is 11.0 Å². The van der Waals surface area contributed by atoms with Crippen molar-refractivity contribution in [3.63, 3.8) is 0 Å². The highest BCUT2D eigenvalue weighted by atomic mass is 32.2. The second-order valence-corrected chi connectivity index (χ2v) is 9.96. The van der Waals surface area contributed by atoms with Crippen LogP contribution in [0.1, 0.15) is 44.6 Å². The number of anilines is 1. The van der Waals surface area contributed by atoms with E-state index in [0.29, 0.717) is 58.7 Å². The second-order valence-electron chi connectivity index (χ2n) is 8.29. The van der Waals surface area contributed by atoms with Gasteiger partial charge in [0.1, 0.15) is 15.8 Å². The number of nitrogens with zero attached hydrogens (tertiary/aromatic N) is 4. The van der Waals surface area contributed by atoms with Crippen LogP contribution in [0.3, 0.4) is 0 Å². The molecule has 0 aromatic carbocycles. The van der Waals surface area contributed by atoms with E-state index >= 15 is 0 Å². The molecular weight excluding hydrogens is 458 g/mol. The van der Waals surface area contributed by atoms with Crippen LogP contribution in [0.15, 0.2) is 34.1 Å². The Morgan fingerprint density at radius 2 is 2.03 bits per heavy atom. The number of primary amides is 1. The van der Waals surface area contributed by atoms with E-state index in [1.165, 1.54) is 16.2 Å². The first kappa shape index (κ1) is 23.4. The molecule has 0 atom stereocenters. The lowest BCUT2D eigenvalue weighted by Crippen LogP contribution is -2.40. The van der Waals surface area contributed by atoms with Gasteiger partial charge in [-0.2, -0.15) is 0 Å². The Morgan fingerprint density at radius 1 is 1.27 bits per heavy atom. The fourth-order valence-electron chi connectivity index (χ4n) is 4.18. The maximum atomic E-state index is 13.4. The average molecular weight is 486 g/mol. The summed E-state index contributed by atoms with van der Waals surface area (Å²) >= 11 is 6.66. The van der Waals surface area contributed by atoms with Crippen molar-refractivity contribution in [2.75, 3.05) is 24.5 Å². The number of nitrogens with two attached hydrogens (primary N) is 1. The fraction of sp³-hybridized carbons (Fsp3) is 0.435. The van der Waals surface area contributed by atoms with Crippen LogP contribution in [0.2, 0.25) is 0 Å². The number of carbonyl (C=O) groups excluding carboxylic acids is 2. The molecule has 0 aliphatic carbocycles. The number of carbonyl (C=O) groups is 2. The third-order valence-corrected chi connectivity index (χ3v) is 7.46. The topological polar surface area (TPSA) is 101 Å². The molecule has 2 aromatic heterocycles. The van der Waals surface area contributed by atoms with Crippen molar-refractivity contribution in [2.24, 2.45) is 11.7 Å². The highest BCUT2D eigenvalue weighted by Gasteiger charge is 2.33. The lowest BCUT2D eigenvalue weighted by atomic mass is 9.96. The van der Waals surface area contributed by atoms with Gasteiger partial charge >= 0.3 is 0 Å². The zero-order chi connectivity index (χ0) is 23.5. The normalized spacial score (nSPS) is 18.6. The van der Waals surface area contributed by atoms with E-state index in [1.54, 1.807) is 29.3 Å². The molecule has 2 amide bonds. The largest absolute Gasteiger partial charge is 0.369 e. The van der Waals surface area contributed by atoms with Crippen LogP contribution in [0, 0.1) is 5.92 Å². The van der Waals surface area contributed by atoms with Gasteiger partial charge in [-0.1, -0.05) is 49.8 Å². The van der Waals surface area contributed by atoms with Crippen LogP contribution in [-0.2, 0) is 9.59 Å². The highest BCUT2D eigenvalue weighted by Crippen LogP contribution is 2.34. The van der Waals surface area contributed by atoms with Crippen molar-refractivity contribution in [3.05, 3.63) is 45.2 Å². The highest BCUT2D eigenvalue weighted by molar-refractivity contribution is 8.26. The van der Waals surface area contributed by atoms with Crippen molar-refractivity contribution < 1.29 is 9.59 Å². The van der Waals surface area contributed by atoms with E-state index in [4.69, 9.17) is 22.9 Å². The minimum atomic E-state index is -0.298. The van der Waals surface area contributed by atoms with Gasteiger partial charge in [0.15, 0.2) is 0 Å². The summed E-state index contributed by atoms with van der Waals surface area (Å²) in [4.78, 5) is 46.9. The molecule has 8 nitrogen and oxygen atoms in total. The molecular formula is C23H27N5O3S2. The van der Waals surface area contributed by atoms with Crippen LogP contribution in [0.25, 0.3) is 11.7 Å². The summed E-state index contributed by atoms with van der Waals surface area (Å²) in [6.07, 6.45) is 7.46. The van der Waals surface area contributed by atoms with Gasteiger partial charge in [-0.25, -0.2) is 4.98 Å². The molecule has 33 heavy (non-hydrogen) atoms. The molecule has 0 spiro atoms. The maximum Gasteiger partial charge on any atom is 0.267 e. The molecule has 10 heteroatoms. The zero-order valence-corrected chi connectivity index (χ0v) is 20.2. The predicted octanol–water partition coefficient (Wildman–Crippen LogP) is 2.79. The van der Waals surface area contributed by atoms with E-state index in [0.717, 1.165) is 19.3 Å². The van der Waals surface area contributed by atoms with Gasteiger partial charge in [0.25, 0.3) is 11.5 Å². The summed E-state index contributed by atoms with van der Waals surface area (Å²) in [7, 11) is 0. The second kappa shape index (κ2) is 10.0. The third-order valence-electron chi connectivity index (χ3n) is 6.08. The van der Waals surface area contributed by atoms with Crippen molar-refractivity contribution in [1.29, 1.82) is 0 Å². The molecule has 4 rings (SSSR count). The summed E-state index contributed by atoms with van der Waals surface area (Å²) in [6, 6.07) is 5.37. The molecule has 2 aromatic rings. The number of piperidine rings is 1. The number of thioether (sulfide) groups is 1. The van der Waals surface area contributed by atoms with Gasteiger partial charge in [-0.3, -0.25) is 23.7 Å². The average Bonchev–Trinajstić information content (AvgIpc) is 3.08. The third kappa shape index (κ3) is 4.81. The smallest absolute Gasteiger partial charge is 0.267 e. The fourth-order valence-corrected chi connectivity index (χ4v) is 5.47. The van der Waals surface area contributed by atoms with Crippen LogP contribution in [0.4, 0.5) is 5.82 Å². The van der Waals surface area contributed by atoms with Crippen molar-refractivity contribution in [1.82, 2.24) is 14.3 Å². The number of aromatic nitrogens is 2. The molecule has 2 saturated heterocycles. The van der Waals surface area contributed by atoms with Crippen LogP contribution in [-0.4, -0.2) is 50.1 Å². The van der Waals surface area contributed by atoms with Gasteiger partial charge in [0, 0.05) is 31.7 Å². The first-order valence-electron chi connectivity index (χ1n) is 11.2. The van der Waals surface area contributed by atoms with Gasteiger partial charge in [-0.15, -0.1) is 0 Å². The van der Waals surface area contributed by atoms with Crippen molar-refractivity contribution in [3.8, 4) is 0 Å². The molecule has 0 bridgehead atoms. The Balaban J connectivity index is 1.72. The quantitative estimate of drug-likeness (QED) is 0.366. The zero-order valence-electron chi connectivity index (χ0n) is 18.5. The Hall–Kier alpha value is -2.72. The standard InChI is InChI=1S/C23H27N5O3S2/c1-2-3-5-11-28-22(31)17(33-23(28)32)14-16-20(26-12-8-15(9-13-26)19(24)29)25-18-7-4-6-10-27(18)21(16)30/h4,6-7,10,14-15H,2-3,5,8-9,11-13H2,1H3,(H2,24,29)/b17-14+. The van der Waals surface area contributed by atoms with E-state index in [2.05, 4.69) is 6.92 Å². The van der Waals surface area contributed by atoms with Gasteiger partial charge < -0.3 is 10.6 Å². The number of rotatable bonds is 7. The molecule has 174 valence electrons. The molecule has 2 aliphatic heterocycles.